The molecule has 1 atom stereocenters. The maximum atomic E-state index is 4.65. The molecule has 146 valence electrons. The molecule has 0 aliphatic rings. The second-order valence-electron chi connectivity index (χ2n) is 6.69. The van der Waals surface area contributed by atoms with E-state index in [2.05, 4.69) is 66.2 Å². The molecule has 3 aromatic rings. The summed E-state index contributed by atoms with van der Waals surface area (Å²) in [4.78, 5) is 4.65. The molecule has 0 saturated heterocycles. The number of thiazole rings is 1. The number of anilines is 2. The van der Waals surface area contributed by atoms with E-state index in [-0.39, 0.29) is 6.04 Å². The molecule has 5 heteroatoms. The Morgan fingerprint density at radius 2 is 1.86 bits per heavy atom. The summed E-state index contributed by atoms with van der Waals surface area (Å²) in [5.41, 5.74) is 3.31. The minimum atomic E-state index is 0.181. The predicted octanol–water partition coefficient (Wildman–Crippen LogP) is 6.97. The van der Waals surface area contributed by atoms with E-state index in [0.717, 1.165) is 29.2 Å². The molecule has 4 nitrogen and oxygen atoms in total. The lowest BCUT2D eigenvalue weighted by atomic mass is 9.88. The molecule has 1 unspecified atom stereocenters. The van der Waals surface area contributed by atoms with E-state index in [4.69, 9.17) is 0 Å². The van der Waals surface area contributed by atoms with Crippen molar-refractivity contribution in [2.24, 2.45) is 11.0 Å². The molecular formula is C23H28N4S. The van der Waals surface area contributed by atoms with Gasteiger partial charge in [-0.15, -0.1) is 0 Å². The van der Waals surface area contributed by atoms with Crippen molar-refractivity contribution in [1.29, 1.82) is 0 Å². The van der Waals surface area contributed by atoms with E-state index in [1.54, 1.807) is 11.3 Å². The summed E-state index contributed by atoms with van der Waals surface area (Å²) < 4.78 is 1.19. The lowest BCUT2D eigenvalue weighted by molar-refractivity contribution is 0.200. The summed E-state index contributed by atoms with van der Waals surface area (Å²) >= 11 is 1.67. The molecule has 28 heavy (non-hydrogen) atoms. The van der Waals surface area contributed by atoms with E-state index in [1.807, 2.05) is 42.5 Å². The van der Waals surface area contributed by atoms with Gasteiger partial charge in [-0.3, -0.25) is 5.01 Å². The number of nitrogens with zero attached hydrogens (tertiary/aromatic N) is 3. The molecule has 3 rings (SSSR count). The number of hydrogen-bond donors (Lipinski definition) is 1. The average molecular weight is 393 g/mol. The van der Waals surface area contributed by atoms with Crippen molar-refractivity contribution in [2.75, 3.05) is 5.32 Å². The van der Waals surface area contributed by atoms with E-state index in [1.165, 1.54) is 10.3 Å². The van der Waals surface area contributed by atoms with Crippen LogP contribution in [0.25, 0.3) is 10.2 Å². The molecule has 0 radical (unpaired) electrons. The highest BCUT2D eigenvalue weighted by Gasteiger charge is 2.25. The lowest BCUT2D eigenvalue weighted by Crippen LogP contribution is -2.25. The van der Waals surface area contributed by atoms with Crippen molar-refractivity contribution in [1.82, 2.24) is 9.99 Å². The second-order valence-corrected chi connectivity index (χ2v) is 7.72. The summed E-state index contributed by atoms with van der Waals surface area (Å²) in [5.74, 6) is 0.504. The fourth-order valence-corrected chi connectivity index (χ4v) is 4.44. The minimum Gasteiger partial charge on any atom is -0.332 e. The second kappa shape index (κ2) is 9.51. The number of benzene rings is 2. The van der Waals surface area contributed by atoms with Crippen molar-refractivity contribution in [3.63, 3.8) is 0 Å². The Hall–Kier alpha value is -2.66. The Morgan fingerprint density at radius 3 is 2.46 bits per heavy atom. The van der Waals surface area contributed by atoms with Crippen LogP contribution in [0.15, 0.2) is 66.4 Å². The van der Waals surface area contributed by atoms with Crippen molar-refractivity contribution in [3.8, 4) is 0 Å². The quantitative estimate of drug-likeness (QED) is 0.316. The molecule has 0 aliphatic carbocycles. The molecule has 0 fully saturated rings. The summed E-state index contributed by atoms with van der Waals surface area (Å²) in [6.45, 7) is 10.4. The Labute approximate surface area is 171 Å². The van der Waals surface area contributed by atoms with Crippen LogP contribution in [-0.4, -0.2) is 16.2 Å². The maximum absolute atomic E-state index is 4.65. The summed E-state index contributed by atoms with van der Waals surface area (Å²) in [7, 11) is 0. The van der Waals surface area contributed by atoms with Crippen LogP contribution in [0.5, 0.6) is 0 Å². The van der Waals surface area contributed by atoms with Crippen molar-refractivity contribution in [3.05, 3.63) is 66.9 Å². The Bertz CT molecular complexity index is 892. The van der Waals surface area contributed by atoms with E-state index < -0.39 is 0 Å². The average Bonchev–Trinajstić information content (AvgIpc) is 3.13. The zero-order valence-corrected chi connectivity index (χ0v) is 17.6. The van der Waals surface area contributed by atoms with Crippen LogP contribution >= 0.6 is 11.3 Å². The molecule has 0 aliphatic heterocycles. The third-order valence-electron chi connectivity index (χ3n) is 5.01. The molecule has 1 aromatic heterocycles. The minimum absolute atomic E-state index is 0.181. The first kappa shape index (κ1) is 20.1. The molecule has 2 aromatic carbocycles. The van der Waals surface area contributed by atoms with E-state index in [9.17, 15) is 0 Å². The van der Waals surface area contributed by atoms with Crippen LogP contribution < -0.4 is 5.32 Å². The highest BCUT2D eigenvalue weighted by molar-refractivity contribution is 7.22. The Balaban J connectivity index is 1.84. The highest BCUT2D eigenvalue weighted by atomic mass is 32.1. The topological polar surface area (TPSA) is 40.5 Å². The van der Waals surface area contributed by atoms with Gasteiger partial charge in [0, 0.05) is 18.1 Å². The standard InChI is InChI=1S/C23H28N4S/c1-5-17(6-2)22(27(8-4)24-7-3)18-13-15-19(16-14-18)25-23-26-20-11-9-10-12-21(20)28-23/h7-17,22H,4-6H2,1-3H3,(H,25,26)/b24-7-. The molecule has 1 N–H and O–H groups in total. The summed E-state index contributed by atoms with van der Waals surface area (Å²) in [6.07, 6.45) is 5.82. The first-order valence-electron chi connectivity index (χ1n) is 9.82. The fourth-order valence-electron chi connectivity index (χ4n) is 3.55. The SMILES string of the molecule is C=CN(/N=C\C)C(c1ccc(Nc2nc3ccccc3s2)cc1)C(CC)CC. The molecular weight excluding hydrogens is 364 g/mol. The maximum Gasteiger partial charge on any atom is 0.188 e. The fraction of sp³-hybridized carbons (Fsp3) is 0.304. The number of fused-ring (bicyclic) bond motifs is 1. The van der Waals surface area contributed by atoms with Crippen LogP contribution in [-0.2, 0) is 0 Å². The van der Waals surface area contributed by atoms with Gasteiger partial charge in [-0.05, 0) is 42.7 Å². The lowest BCUT2D eigenvalue weighted by Gasteiger charge is -2.32. The number of aromatic nitrogens is 1. The number of para-hydroxylation sites is 1. The van der Waals surface area contributed by atoms with Crippen LogP contribution in [0.4, 0.5) is 10.8 Å². The smallest absolute Gasteiger partial charge is 0.188 e. The van der Waals surface area contributed by atoms with Crippen LogP contribution in [0.2, 0.25) is 0 Å². The zero-order chi connectivity index (χ0) is 19.9. The van der Waals surface area contributed by atoms with Crippen molar-refractivity contribution >= 4 is 38.6 Å². The third kappa shape index (κ3) is 4.42. The first-order valence-corrected chi connectivity index (χ1v) is 10.6. The Kier molecular flexibility index (Phi) is 6.82. The Morgan fingerprint density at radius 1 is 1.14 bits per heavy atom. The van der Waals surface area contributed by atoms with Gasteiger partial charge in [0.2, 0.25) is 0 Å². The normalized spacial score (nSPS) is 12.6. The van der Waals surface area contributed by atoms with Gasteiger partial charge in [0.05, 0.1) is 16.3 Å². The van der Waals surface area contributed by atoms with Gasteiger partial charge in [-0.2, -0.15) is 5.10 Å². The van der Waals surface area contributed by atoms with Gasteiger partial charge in [0.1, 0.15) is 0 Å². The zero-order valence-electron chi connectivity index (χ0n) is 16.8. The summed E-state index contributed by atoms with van der Waals surface area (Å²) in [6, 6.07) is 17.0. The van der Waals surface area contributed by atoms with Gasteiger partial charge >= 0.3 is 0 Å². The number of hydrazone groups is 1. The first-order chi connectivity index (χ1) is 13.7. The molecule has 0 spiro atoms. The highest BCUT2D eigenvalue weighted by Crippen LogP contribution is 2.35. The molecule has 0 bridgehead atoms. The van der Waals surface area contributed by atoms with E-state index >= 15 is 0 Å². The van der Waals surface area contributed by atoms with Gasteiger partial charge < -0.3 is 5.32 Å². The predicted molar refractivity (Wildman–Crippen MR) is 122 cm³/mol. The number of hydrogen-bond acceptors (Lipinski definition) is 5. The van der Waals surface area contributed by atoms with Crippen molar-refractivity contribution in [2.45, 2.75) is 39.7 Å². The third-order valence-corrected chi connectivity index (χ3v) is 5.97. The number of nitrogens with one attached hydrogen (secondary N) is 1. The largest absolute Gasteiger partial charge is 0.332 e. The van der Waals surface area contributed by atoms with Gasteiger partial charge in [-0.25, -0.2) is 4.98 Å². The van der Waals surface area contributed by atoms with Crippen LogP contribution in [0.1, 0.15) is 45.2 Å². The monoisotopic (exact) mass is 392 g/mol. The van der Waals surface area contributed by atoms with Gasteiger partial charge in [-0.1, -0.05) is 68.9 Å². The number of rotatable bonds is 9. The molecule has 0 saturated carbocycles. The van der Waals surface area contributed by atoms with Gasteiger partial charge in [0.15, 0.2) is 5.13 Å². The molecule has 0 amide bonds. The van der Waals surface area contributed by atoms with Crippen LogP contribution in [0.3, 0.4) is 0 Å². The van der Waals surface area contributed by atoms with Gasteiger partial charge in [0.25, 0.3) is 0 Å². The van der Waals surface area contributed by atoms with E-state index in [0.29, 0.717) is 5.92 Å². The summed E-state index contributed by atoms with van der Waals surface area (Å²) in [5, 5.41) is 10.8. The van der Waals surface area contributed by atoms with Crippen molar-refractivity contribution < 1.29 is 0 Å². The molecule has 1 heterocycles. The van der Waals surface area contributed by atoms with Crippen LogP contribution in [0, 0.1) is 5.92 Å².